The number of para-hydroxylation sites is 2. The molecule has 1 saturated carbocycles. The predicted octanol–water partition coefficient (Wildman–Crippen LogP) is 0.921. The van der Waals surface area contributed by atoms with E-state index in [0.717, 1.165) is 46.4 Å². The maximum Gasteiger partial charge on any atom is 1.00 e. The third kappa shape index (κ3) is 4.81. The molecule has 1 unspecified atom stereocenters. The number of aryl methyl sites for hydroxylation is 1. The fourth-order valence-electron chi connectivity index (χ4n) is 4.04. The predicted molar refractivity (Wildman–Crippen MR) is 119 cm³/mol. The van der Waals surface area contributed by atoms with Crippen LogP contribution in [0, 0.1) is 19.8 Å². The first-order chi connectivity index (χ1) is 15.0. The van der Waals surface area contributed by atoms with E-state index in [1.807, 2.05) is 38.1 Å². The summed E-state index contributed by atoms with van der Waals surface area (Å²) in [5, 5.41) is 0.465. The minimum Gasteiger partial charge on any atom is -1.00 e. The van der Waals surface area contributed by atoms with Gasteiger partial charge in [-0.15, -0.1) is 0 Å². The van der Waals surface area contributed by atoms with Gasteiger partial charge in [0.15, 0.2) is 10.9 Å². The van der Waals surface area contributed by atoms with Crippen LogP contribution in [0.2, 0.25) is 0 Å². The average Bonchev–Trinajstić information content (AvgIpc) is 3.19. The molecule has 2 fully saturated rings. The molecule has 9 heteroatoms. The van der Waals surface area contributed by atoms with Crippen LogP contribution in [-0.4, -0.2) is 44.8 Å². The fourth-order valence-corrected chi connectivity index (χ4v) is 5.14. The molecule has 32 heavy (non-hydrogen) atoms. The Morgan fingerprint density at radius 1 is 1.25 bits per heavy atom. The molecule has 1 saturated heterocycles. The fraction of sp³-hybridized carbons (Fsp3) is 0.478. The van der Waals surface area contributed by atoms with Crippen molar-refractivity contribution in [3.8, 4) is 5.75 Å². The van der Waals surface area contributed by atoms with Gasteiger partial charge in [0.2, 0.25) is 0 Å². The van der Waals surface area contributed by atoms with Gasteiger partial charge >= 0.3 is 29.6 Å². The summed E-state index contributed by atoms with van der Waals surface area (Å²) in [4.78, 5) is 12.1. The third-order valence-corrected chi connectivity index (χ3v) is 7.30. The zero-order valence-electron chi connectivity index (χ0n) is 19.8. The molecule has 166 valence electrons. The van der Waals surface area contributed by atoms with Gasteiger partial charge in [0.1, 0.15) is 5.75 Å². The number of fused-ring (bicyclic) bond motifs is 1. The second kappa shape index (κ2) is 9.91. The summed E-state index contributed by atoms with van der Waals surface area (Å²) in [6.07, 6.45) is 4.95. The molecule has 0 radical (unpaired) electrons. The van der Waals surface area contributed by atoms with E-state index in [9.17, 15) is 4.21 Å². The first-order valence-corrected chi connectivity index (χ1v) is 12.0. The van der Waals surface area contributed by atoms with Gasteiger partial charge in [-0.25, -0.2) is 4.98 Å². The molecular formula is C23H28N3NaO4S. The second-order valence-electron chi connectivity index (χ2n) is 8.45. The topological polar surface area (TPSA) is 86.3 Å². The van der Waals surface area contributed by atoms with Crippen molar-refractivity contribution < 1.29 is 49.4 Å². The zero-order chi connectivity index (χ0) is 21.4. The van der Waals surface area contributed by atoms with Crippen LogP contribution < -0.4 is 34.3 Å². The van der Waals surface area contributed by atoms with Gasteiger partial charge in [0, 0.05) is 36.1 Å². The summed E-state index contributed by atoms with van der Waals surface area (Å²) in [5.41, 5.74) is 4.32. The second-order valence-corrected chi connectivity index (χ2v) is 9.82. The van der Waals surface area contributed by atoms with Crippen molar-refractivity contribution in [2.75, 3.05) is 19.8 Å². The Hall–Kier alpha value is -1.29. The van der Waals surface area contributed by atoms with Crippen molar-refractivity contribution in [1.82, 2.24) is 15.0 Å². The summed E-state index contributed by atoms with van der Waals surface area (Å²) in [6.45, 7) is 5.79. The van der Waals surface area contributed by atoms with Crippen LogP contribution in [0.15, 0.2) is 35.6 Å². The van der Waals surface area contributed by atoms with Crippen LogP contribution in [0.25, 0.3) is 11.0 Å². The number of aromatic nitrogens is 3. The molecule has 7 nitrogen and oxygen atoms in total. The summed E-state index contributed by atoms with van der Waals surface area (Å²) in [7, 11) is -1.33. The average molecular weight is 466 g/mol. The number of rotatable bonds is 6. The molecule has 1 aliphatic carbocycles. The quantitative estimate of drug-likeness (QED) is 0.545. The molecule has 1 atom stereocenters. The molecule has 1 spiro atoms. The molecule has 1 aromatic carbocycles. The Morgan fingerprint density at radius 2 is 2.00 bits per heavy atom. The van der Waals surface area contributed by atoms with E-state index >= 15 is 0 Å². The first kappa shape index (κ1) is 23.9. The summed E-state index contributed by atoms with van der Waals surface area (Å²) < 4.78 is 31.0. The SMILES string of the molecule is Cc1cnc(CS(=O)c2nc3ccccc3[nH]2)c(C)c1OCC1COC2(CCC2)OC1.[H-].[Na+]. The van der Waals surface area contributed by atoms with Crippen molar-refractivity contribution in [1.29, 1.82) is 0 Å². The minimum atomic E-state index is -1.33. The smallest absolute Gasteiger partial charge is 1.00 e. The Balaban J connectivity index is 0.00000153. The van der Waals surface area contributed by atoms with E-state index in [4.69, 9.17) is 14.2 Å². The van der Waals surface area contributed by atoms with Crippen LogP contribution in [0.5, 0.6) is 5.75 Å². The Labute approximate surface area is 213 Å². The van der Waals surface area contributed by atoms with Gasteiger partial charge in [-0.3, -0.25) is 9.19 Å². The van der Waals surface area contributed by atoms with E-state index in [2.05, 4.69) is 15.0 Å². The van der Waals surface area contributed by atoms with Crippen LogP contribution in [0.1, 0.15) is 37.5 Å². The van der Waals surface area contributed by atoms with Crippen molar-refractivity contribution in [2.45, 2.75) is 49.8 Å². The van der Waals surface area contributed by atoms with E-state index in [0.29, 0.717) is 25.0 Å². The van der Waals surface area contributed by atoms with E-state index in [1.54, 1.807) is 6.20 Å². The molecule has 3 aromatic rings. The molecule has 3 heterocycles. The van der Waals surface area contributed by atoms with Crippen molar-refractivity contribution in [3.63, 3.8) is 0 Å². The number of hydrogen-bond acceptors (Lipinski definition) is 6. The third-order valence-electron chi connectivity index (χ3n) is 6.14. The Kier molecular flexibility index (Phi) is 7.39. The van der Waals surface area contributed by atoms with Gasteiger partial charge in [0.05, 0.1) is 53.1 Å². The summed E-state index contributed by atoms with van der Waals surface area (Å²) >= 11 is 0. The van der Waals surface area contributed by atoms with Crippen molar-refractivity contribution in [3.05, 3.63) is 47.3 Å². The Bertz CT molecular complexity index is 1100. The molecule has 0 amide bonds. The van der Waals surface area contributed by atoms with Crippen LogP contribution in [-0.2, 0) is 26.0 Å². The number of pyridine rings is 1. The minimum absolute atomic E-state index is 0. The van der Waals surface area contributed by atoms with Crippen LogP contribution in [0.4, 0.5) is 0 Å². The van der Waals surface area contributed by atoms with Crippen LogP contribution >= 0.6 is 0 Å². The molecule has 0 bridgehead atoms. The van der Waals surface area contributed by atoms with Gasteiger partial charge in [-0.05, 0) is 32.4 Å². The van der Waals surface area contributed by atoms with E-state index < -0.39 is 10.8 Å². The normalized spacial score (nSPS) is 18.8. The zero-order valence-corrected chi connectivity index (χ0v) is 21.7. The molecule has 2 aliphatic rings. The standard InChI is InChI=1S/C23H27N3O4S.Na.H/c1-15-10-24-20(14-31(27)22-25-18-6-3-4-7-19(18)26-22)16(2)21(15)28-11-17-12-29-23(30-13-17)8-5-9-23;;/h3-4,6-7,10,17H,5,8-9,11-14H2,1-2H3,(H,25,26);;/q;+1;-1. The molecule has 5 rings (SSSR count). The van der Waals surface area contributed by atoms with Crippen LogP contribution in [0.3, 0.4) is 0 Å². The van der Waals surface area contributed by atoms with E-state index in [-0.39, 0.29) is 48.4 Å². The van der Waals surface area contributed by atoms with Crippen molar-refractivity contribution >= 4 is 21.8 Å². The van der Waals surface area contributed by atoms with Gasteiger partial charge in [-0.2, -0.15) is 0 Å². The monoisotopic (exact) mass is 465 g/mol. The maximum absolute atomic E-state index is 12.9. The number of aromatic amines is 1. The Morgan fingerprint density at radius 3 is 2.69 bits per heavy atom. The van der Waals surface area contributed by atoms with E-state index in [1.165, 1.54) is 6.42 Å². The summed E-state index contributed by atoms with van der Waals surface area (Å²) in [5.74, 6) is 0.967. The maximum atomic E-state index is 12.9. The number of benzene rings is 1. The summed E-state index contributed by atoms with van der Waals surface area (Å²) in [6, 6.07) is 7.67. The van der Waals surface area contributed by atoms with Gasteiger partial charge < -0.3 is 20.6 Å². The molecule has 1 N–H and O–H groups in total. The van der Waals surface area contributed by atoms with Gasteiger partial charge in [0.25, 0.3) is 0 Å². The largest absolute Gasteiger partial charge is 1.00 e. The molecule has 1 aliphatic heterocycles. The number of ether oxygens (including phenoxy) is 3. The number of imidazole rings is 1. The first-order valence-electron chi connectivity index (χ1n) is 10.7. The van der Waals surface area contributed by atoms with Gasteiger partial charge in [-0.1, -0.05) is 12.1 Å². The number of H-pyrrole nitrogens is 1. The molecular weight excluding hydrogens is 437 g/mol. The van der Waals surface area contributed by atoms with Crippen molar-refractivity contribution in [2.24, 2.45) is 5.92 Å². The number of nitrogens with zero attached hydrogens (tertiary/aromatic N) is 2. The number of hydrogen-bond donors (Lipinski definition) is 1. The molecule has 2 aromatic heterocycles. The number of nitrogens with one attached hydrogen (secondary N) is 1.